The molecule has 3 rings (SSSR count). The van der Waals surface area contributed by atoms with Crippen molar-refractivity contribution in [2.75, 3.05) is 26.4 Å². The average Bonchev–Trinajstić information content (AvgIpc) is 3.71. The molecule has 1 saturated carbocycles. The van der Waals surface area contributed by atoms with E-state index < -0.39 is 35.6 Å². The molecule has 0 aromatic carbocycles. The molecule has 10 heteroatoms. The van der Waals surface area contributed by atoms with E-state index in [4.69, 9.17) is 18.9 Å². The van der Waals surface area contributed by atoms with Crippen molar-refractivity contribution in [1.82, 2.24) is 10.6 Å². The normalized spacial score (nSPS) is 21.2. The Morgan fingerprint density at radius 3 is 1.05 bits per heavy atom. The molecule has 1 aliphatic carbocycles. The van der Waals surface area contributed by atoms with Crippen molar-refractivity contribution >= 4 is 11.8 Å². The fraction of sp³-hybridized carbons (Fsp3) is 0.882. The Kier molecular flexibility index (Phi) is 32.9. The first-order chi connectivity index (χ1) is 30.0. The number of hydrogen-bond acceptors (Lipinski definition) is 6. The first kappa shape index (κ1) is 53.5. The minimum absolute atomic E-state index is 0.0415. The summed E-state index contributed by atoms with van der Waals surface area (Å²) in [6, 6.07) is -0.792. The number of rotatable bonds is 38. The Labute approximate surface area is 371 Å². The van der Waals surface area contributed by atoms with Crippen LogP contribution in [0.5, 0.6) is 0 Å². The number of unbranched alkanes of at least 4 members (excludes halogenated alkanes) is 26. The second-order valence-electron chi connectivity index (χ2n) is 18.3. The van der Waals surface area contributed by atoms with Crippen molar-refractivity contribution in [2.45, 2.75) is 262 Å². The van der Waals surface area contributed by atoms with Gasteiger partial charge in [0.15, 0.2) is 24.2 Å². The Hall–Kier alpha value is -1.88. The molecule has 2 N–H and O–H groups in total. The topological polar surface area (TPSA) is 95.1 Å². The van der Waals surface area contributed by atoms with Crippen LogP contribution in [0.15, 0.2) is 23.8 Å². The summed E-state index contributed by atoms with van der Waals surface area (Å²) in [5, 5.41) is 5.49. The van der Waals surface area contributed by atoms with Gasteiger partial charge in [-0.25, -0.2) is 8.78 Å². The number of carbonyl (C=O) groups is 2. The molecule has 4 atom stereocenters. The standard InChI is InChI=1S/C51H90F2N2O6/c52-44(34-25-21-17-13-9-5-1-3-7-11-15-19-23-29-40-58-48-38-27-31-42-60-48)50(56)54-46-36-33-37-47(46)55-51(57)45(53)35-26-22-18-14-10-6-2-4-8-12-16-20-24-30-41-59-49-39-28-32-43-61-49/h34-35,46-49H,1-33,36-43H2,(H,54,56)(H,55,57)/b44-34-,45-35-/t46-,47+,48?,49?. The second-order valence-corrected chi connectivity index (χ2v) is 18.3. The second kappa shape index (κ2) is 37.5. The van der Waals surface area contributed by atoms with Crippen LogP contribution in [-0.4, -0.2) is 62.9 Å². The van der Waals surface area contributed by atoms with Gasteiger partial charge in [0, 0.05) is 38.5 Å². The number of halogens is 2. The summed E-state index contributed by atoms with van der Waals surface area (Å²) in [6.07, 6.45) is 44.3. The van der Waals surface area contributed by atoms with Gasteiger partial charge < -0.3 is 29.6 Å². The van der Waals surface area contributed by atoms with Crippen LogP contribution in [0, 0.1) is 0 Å². The van der Waals surface area contributed by atoms with E-state index in [1.54, 1.807) is 0 Å². The lowest BCUT2D eigenvalue weighted by atomic mass is 10.0. The summed E-state index contributed by atoms with van der Waals surface area (Å²) in [5.41, 5.74) is 0. The highest BCUT2D eigenvalue weighted by atomic mass is 19.1. The highest BCUT2D eigenvalue weighted by molar-refractivity contribution is 5.92. The summed E-state index contributed by atoms with van der Waals surface area (Å²) in [6.45, 7) is 3.35. The lowest BCUT2D eigenvalue weighted by Crippen LogP contribution is -2.48. The highest BCUT2D eigenvalue weighted by Crippen LogP contribution is 2.22. The maximum absolute atomic E-state index is 14.6. The van der Waals surface area contributed by atoms with Crippen molar-refractivity contribution in [2.24, 2.45) is 0 Å². The molecular formula is C51H90F2N2O6. The number of carbonyl (C=O) groups excluding carboxylic acids is 2. The monoisotopic (exact) mass is 865 g/mol. The molecule has 2 amide bonds. The molecule has 2 aliphatic heterocycles. The van der Waals surface area contributed by atoms with Gasteiger partial charge in [-0.1, -0.05) is 141 Å². The fourth-order valence-electron chi connectivity index (χ4n) is 8.92. The number of hydrogen-bond donors (Lipinski definition) is 2. The summed E-state index contributed by atoms with van der Waals surface area (Å²) in [4.78, 5) is 25.1. The molecule has 0 bridgehead atoms. The highest BCUT2D eigenvalue weighted by Gasteiger charge is 2.31. The van der Waals surface area contributed by atoms with Gasteiger partial charge in [-0.3, -0.25) is 9.59 Å². The Balaban J connectivity index is 1.06. The minimum Gasteiger partial charge on any atom is -0.353 e. The largest absolute Gasteiger partial charge is 0.353 e. The van der Waals surface area contributed by atoms with E-state index in [0.717, 1.165) is 97.1 Å². The summed E-state index contributed by atoms with van der Waals surface area (Å²) in [7, 11) is 0. The van der Waals surface area contributed by atoms with Crippen LogP contribution in [0.4, 0.5) is 8.78 Å². The van der Waals surface area contributed by atoms with Crippen molar-refractivity contribution in [3.63, 3.8) is 0 Å². The van der Waals surface area contributed by atoms with Crippen molar-refractivity contribution in [1.29, 1.82) is 0 Å². The lowest BCUT2D eigenvalue weighted by molar-refractivity contribution is -0.163. The maximum atomic E-state index is 14.6. The molecule has 0 radical (unpaired) electrons. The lowest BCUT2D eigenvalue weighted by Gasteiger charge is -2.22. The first-order valence-corrected chi connectivity index (χ1v) is 25.8. The molecule has 0 aromatic rings. The zero-order valence-electron chi connectivity index (χ0n) is 38.7. The van der Waals surface area contributed by atoms with Crippen LogP contribution in [0.2, 0.25) is 0 Å². The fourth-order valence-corrected chi connectivity index (χ4v) is 8.92. The van der Waals surface area contributed by atoms with Crippen molar-refractivity contribution in [3.05, 3.63) is 23.8 Å². The summed E-state index contributed by atoms with van der Waals surface area (Å²) >= 11 is 0. The number of allylic oxidation sites excluding steroid dienone is 2. The van der Waals surface area contributed by atoms with Gasteiger partial charge in [-0.15, -0.1) is 0 Å². The zero-order chi connectivity index (χ0) is 43.3. The van der Waals surface area contributed by atoms with Crippen molar-refractivity contribution < 1.29 is 37.3 Å². The molecule has 2 saturated heterocycles. The molecule has 2 unspecified atom stereocenters. The predicted molar refractivity (Wildman–Crippen MR) is 244 cm³/mol. The molecular weight excluding hydrogens is 775 g/mol. The van der Waals surface area contributed by atoms with Crippen LogP contribution in [0.1, 0.15) is 238 Å². The van der Waals surface area contributed by atoms with Crippen LogP contribution in [0.3, 0.4) is 0 Å². The van der Waals surface area contributed by atoms with Gasteiger partial charge in [0.1, 0.15) is 0 Å². The zero-order valence-corrected chi connectivity index (χ0v) is 38.7. The van der Waals surface area contributed by atoms with Crippen LogP contribution in [0.25, 0.3) is 0 Å². The predicted octanol–water partition coefficient (Wildman–Crippen LogP) is 13.9. The van der Waals surface area contributed by atoms with E-state index in [-0.39, 0.29) is 12.6 Å². The third-order valence-corrected chi connectivity index (χ3v) is 12.8. The van der Waals surface area contributed by atoms with Crippen LogP contribution in [-0.2, 0) is 28.5 Å². The Morgan fingerprint density at radius 1 is 0.426 bits per heavy atom. The van der Waals surface area contributed by atoms with Gasteiger partial charge in [0.05, 0.1) is 0 Å². The first-order valence-electron chi connectivity index (χ1n) is 25.8. The minimum atomic E-state index is -0.769. The summed E-state index contributed by atoms with van der Waals surface area (Å²) in [5.74, 6) is -3.02. The van der Waals surface area contributed by atoms with Gasteiger partial charge >= 0.3 is 0 Å². The molecule has 3 fully saturated rings. The van der Waals surface area contributed by atoms with Gasteiger partial charge in [0.2, 0.25) is 0 Å². The average molecular weight is 865 g/mol. The number of ether oxygens (including phenoxy) is 4. The number of nitrogens with one attached hydrogen (secondary N) is 2. The molecule has 8 nitrogen and oxygen atoms in total. The molecule has 0 spiro atoms. The third kappa shape index (κ3) is 28.5. The van der Waals surface area contributed by atoms with E-state index in [0.29, 0.717) is 25.7 Å². The van der Waals surface area contributed by atoms with Gasteiger partial charge in [-0.05, 0) is 108 Å². The SMILES string of the molecule is O=C(N[C@H]1CCC[C@H]1NC(=O)/C(F)=C/CCCCCCCCCCCCCCCOC1CCCCO1)/C(F)=C/CCCCCCCCCCCCCCCOC1CCCCO1. The van der Waals surface area contributed by atoms with E-state index in [1.807, 2.05) is 0 Å². The molecule has 61 heavy (non-hydrogen) atoms. The van der Waals surface area contributed by atoms with E-state index in [2.05, 4.69) is 10.6 Å². The molecule has 354 valence electrons. The molecule has 0 aromatic heterocycles. The van der Waals surface area contributed by atoms with Crippen LogP contribution < -0.4 is 10.6 Å². The Bertz CT molecular complexity index is 1060. The van der Waals surface area contributed by atoms with E-state index in [9.17, 15) is 18.4 Å². The Morgan fingerprint density at radius 2 is 0.738 bits per heavy atom. The smallest absolute Gasteiger partial charge is 0.279 e. The number of amides is 2. The van der Waals surface area contributed by atoms with E-state index in [1.165, 1.54) is 153 Å². The molecule has 2 heterocycles. The van der Waals surface area contributed by atoms with E-state index >= 15 is 0 Å². The third-order valence-electron chi connectivity index (χ3n) is 12.8. The van der Waals surface area contributed by atoms with Crippen LogP contribution >= 0.6 is 0 Å². The quantitative estimate of drug-likeness (QED) is 0.0474. The summed E-state index contributed by atoms with van der Waals surface area (Å²) < 4.78 is 52.1. The van der Waals surface area contributed by atoms with Gasteiger partial charge in [0.25, 0.3) is 11.8 Å². The molecule has 3 aliphatic rings. The maximum Gasteiger partial charge on any atom is 0.279 e. The van der Waals surface area contributed by atoms with Gasteiger partial charge in [-0.2, -0.15) is 0 Å². The van der Waals surface area contributed by atoms with Crippen molar-refractivity contribution in [3.8, 4) is 0 Å².